The van der Waals surface area contributed by atoms with Gasteiger partial charge in [0.15, 0.2) is 0 Å². The standard InChI is InChI=1S/C18H34N2/c1-4-19-18(14-7-5-6-13(2)10-14)15-11-16-8-9-17(12-15)20(16)3/h13-19H,4-12H2,1-3H3. The number of hydrogen-bond acceptors (Lipinski definition) is 2. The van der Waals surface area contributed by atoms with E-state index >= 15 is 0 Å². The highest BCUT2D eigenvalue weighted by Gasteiger charge is 2.42. The molecule has 3 fully saturated rings. The average Bonchev–Trinajstić information content (AvgIpc) is 2.66. The van der Waals surface area contributed by atoms with Gasteiger partial charge in [-0.25, -0.2) is 0 Å². The number of piperidine rings is 1. The predicted octanol–water partition coefficient (Wildman–Crippen LogP) is 3.66. The van der Waals surface area contributed by atoms with E-state index in [0.29, 0.717) is 0 Å². The Kier molecular flexibility index (Phi) is 4.72. The van der Waals surface area contributed by atoms with Crippen molar-refractivity contribution < 1.29 is 0 Å². The minimum absolute atomic E-state index is 0.805. The molecule has 0 radical (unpaired) electrons. The molecule has 0 aromatic carbocycles. The topological polar surface area (TPSA) is 15.3 Å². The molecule has 1 aliphatic carbocycles. The molecule has 20 heavy (non-hydrogen) atoms. The van der Waals surface area contributed by atoms with Gasteiger partial charge in [0.1, 0.15) is 0 Å². The highest BCUT2D eigenvalue weighted by Crippen LogP contribution is 2.42. The van der Waals surface area contributed by atoms with E-state index in [2.05, 4.69) is 31.1 Å². The largest absolute Gasteiger partial charge is 0.314 e. The number of rotatable bonds is 4. The summed E-state index contributed by atoms with van der Waals surface area (Å²) >= 11 is 0. The molecule has 0 aromatic heterocycles. The Hall–Kier alpha value is -0.0800. The molecule has 2 heterocycles. The summed E-state index contributed by atoms with van der Waals surface area (Å²) in [7, 11) is 2.36. The molecule has 2 saturated heterocycles. The van der Waals surface area contributed by atoms with E-state index in [-0.39, 0.29) is 0 Å². The van der Waals surface area contributed by atoms with Gasteiger partial charge in [0.25, 0.3) is 0 Å². The van der Waals surface area contributed by atoms with Gasteiger partial charge in [-0.15, -0.1) is 0 Å². The Morgan fingerprint density at radius 2 is 1.70 bits per heavy atom. The van der Waals surface area contributed by atoms with Crippen molar-refractivity contribution >= 4 is 0 Å². The molecular weight excluding hydrogens is 244 g/mol. The average molecular weight is 278 g/mol. The third-order valence-electron chi connectivity index (χ3n) is 6.57. The summed E-state index contributed by atoms with van der Waals surface area (Å²) in [5.74, 6) is 2.85. The summed E-state index contributed by atoms with van der Waals surface area (Å²) in [6.45, 7) is 5.91. The summed E-state index contributed by atoms with van der Waals surface area (Å²) < 4.78 is 0. The number of fused-ring (bicyclic) bond motifs is 2. The van der Waals surface area contributed by atoms with Gasteiger partial charge in [-0.2, -0.15) is 0 Å². The minimum atomic E-state index is 0.805. The zero-order chi connectivity index (χ0) is 14.1. The van der Waals surface area contributed by atoms with Crippen molar-refractivity contribution in [2.45, 2.75) is 83.3 Å². The van der Waals surface area contributed by atoms with Crippen LogP contribution in [-0.2, 0) is 0 Å². The second kappa shape index (κ2) is 6.36. The van der Waals surface area contributed by atoms with E-state index in [9.17, 15) is 0 Å². The smallest absolute Gasteiger partial charge is 0.0125 e. The van der Waals surface area contributed by atoms with E-state index in [4.69, 9.17) is 0 Å². The van der Waals surface area contributed by atoms with Gasteiger partial charge in [-0.3, -0.25) is 0 Å². The summed E-state index contributed by atoms with van der Waals surface area (Å²) in [6, 6.07) is 2.58. The second-order valence-electron chi connectivity index (χ2n) is 7.90. The first-order valence-electron chi connectivity index (χ1n) is 9.14. The van der Waals surface area contributed by atoms with E-state index in [0.717, 1.165) is 42.4 Å². The molecule has 5 unspecified atom stereocenters. The lowest BCUT2D eigenvalue weighted by Crippen LogP contribution is -2.50. The Morgan fingerprint density at radius 3 is 2.30 bits per heavy atom. The number of hydrogen-bond donors (Lipinski definition) is 1. The van der Waals surface area contributed by atoms with Crippen LogP contribution in [0.25, 0.3) is 0 Å². The monoisotopic (exact) mass is 278 g/mol. The third-order valence-corrected chi connectivity index (χ3v) is 6.57. The van der Waals surface area contributed by atoms with Gasteiger partial charge in [0.05, 0.1) is 0 Å². The van der Waals surface area contributed by atoms with Gasteiger partial charge in [0, 0.05) is 18.1 Å². The minimum Gasteiger partial charge on any atom is -0.314 e. The Labute approximate surface area is 125 Å². The molecule has 0 amide bonds. The molecule has 1 N–H and O–H groups in total. The summed E-state index contributed by atoms with van der Waals surface area (Å²) in [5, 5.41) is 3.91. The lowest BCUT2D eigenvalue weighted by atomic mass is 9.72. The van der Waals surface area contributed by atoms with Gasteiger partial charge in [-0.1, -0.05) is 26.7 Å². The van der Waals surface area contributed by atoms with Gasteiger partial charge < -0.3 is 10.2 Å². The lowest BCUT2D eigenvalue weighted by Gasteiger charge is -2.44. The van der Waals surface area contributed by atoms with Crippen LogP contribution in [-0.4, -0.2) is 36.6 Å². The van der Waals surface area contributed by atoms with Crippen LogP contribution in [0.15, 0.2) is 0 Å². The van der Waals surface area contributed by atoms with Crippen LogP contribution in [0.4, 0.5) is 0 Å². The fourth-order valence-electron chi connectivity index (χ4n) is 5.51. The number of nitrogens with one attached hydrogen (secondary N) is 1. The Balaban J connectivity index is 1.67. The normalized spacial score (nSPS) is 43.6. The molecule has 2 aliphatic heterocycles. The van der Waals surface area contributed by atoms with Crippen LogP contribution in [0.1, 0.15) is 65.2 Å². The first-order chi connectivity index (χ1) is 9.69. The van der Waals surface area contributed by atoms with Crippen molar-refractivity contribution in [3.8, 4) is 0 Å². The van der Waals surface area contributed by atoms with E-state index in [1.165, 1.54) is 51.4 Å². The lowest BCUT2D eigenvalue weighted by molar-refractivity contribution is 0.0814. The predicted molar refractivity (Wildman–Crippen MR) is 85.9 cm³/mol. The molecule has 2 bridgehead atoms. The van der Waals surface area contributed by atoms with Crippen LogP contribution in [0, 0.1) is 17.8 Å². The van der Waals surface area contributed by atoms with Crippen molar-refractivity contribution in [1.29, 1.82) is 0 Å². The van der Waals surface area contributed by atoms with Crippen LogP contribution in [0.2, 0.25) is 0 Å². The van der Waals surface area contributed by atoms with Crippen molar-refractivity contribution in [2.24, 2.45) is 17.8 Å². The molecular formula is C18H34N2. The second-order valence-corrected chi connectivity index (χ2v) is 7.90. The maximum Gasteiger partial charge on any atom is 0.0125 e. The summed E-state index contributed by atoms with van der Waals surface area (Å²) in [6.07, 6.45) is 11.7. The summed E-state index contributed by atoms with van der Waals surface area (Å²) in [5.41, 5.74) is 0. The molecule has 0 spiro atoms. The first kappa shape index (κ1) is 14.8. The fraction of sp³-hybridized carbons (Fsp3) is 1.00. The van der Waals surface area contributed by atoms with E-state index in [1.807, 2.05) is 0 Å². The van der Waals surface area contributed by atoms with Gasteiger partial charge in [-0.05, 0) is 69.9 Å². The molecule has 2 nitrogen and oxygen atoms in total. The quantitative estimate of drug-likeness (QED) is 0.844. The maximum atomic E-state index is 3.91. The molecule has 3 rings (SSSR count). The first-order valence-corrected chi connectivity index (χ1v) is 9.14. The molecule has 0 aromatic rings. The summed E-state index contributed by atoms with van der Waals surface area (Å²) in [4.78, 5) is 2.68. The third kappa shape index (κ3) is 2.92. The van der Waals surface area contributed by atoms with Crippen LogP contribution in [0.5, 0.6) is 0 Å². The van der Waals surface area contributed by atoms with Gasteiger partial charge >= 0.3 is 0 Å². The zero-order valence-electron chi connectivity index (χ0n) is 13.8. The van der Waals surface area contributed by atoms with Crippen molar-refractivity contribution in [3.63, 3.8) is 0 Å². The van der Waals surface area contributed by atoms with Crippen molar-refractivity contribution in [3.05, 3.63) is 0 Å². The molecule has 5 atom stereocenters. The SMILES string of the molecule is CCNC(C1CCCC(C)C1)C1CC2CCC(C1)N2C. The Bertz CT molecular complexity index is 303. The molecule has 1 saturated carbocycles. The van der Waals surface area contributed by atoms with E-state index < -0.39 is 0 Å². The zero-order valence-corrected chi connectivity index (χ0v) is 13.8. The van der Waals surface area contributed by atoms with Crippen LogP contribution >= 0.6 is 0 Å². The maximum absolute atomic E-state index is 3.91. The van der Waals surface area contributed by atoms with Crippen LogP contribution in [0.3, 0.4) is 0 Å². The Morgan fingerprint density at radius 1 is 1.00 bits per heavy atom. The highest BCUT2D eigenvalue weighted by atomic mass is 15.2. The van der Waals surface area contributed by atoms with Gasteiger partial charge in [0.2, 0.25) is 0 Å². The van der Waals surface area contributed by atoms with E-state index in [1.54, 1.807) is 0 Å². The number of nitrogens with zero attached hydrogens (tertiary/aromatic N) is 1. The molecule has 2 heteroatoms. The highest BCUT2D eigenvalue weighted by molar-refractivity contribution is 4.98. The molecule has 116 valence electrons. The molecule has 3 aliphatic rings. The van der Waals surface area contributed by atoms with Crippen LogP contribution < -0.4 is 5.32 Å². The fourth-order valence-corrected chi connectivity index (χ4v) is 5.51. The van der Waals surface area contributed by atoms with Crippen molar-refractivity contribution in [2.75, 3.05) is 13.6 Å². The van der Waals surface area contributed by atoms with Crippen molar-refractivity contribution in [1.82, 2.24) is 10.2 Å².